The van der Waals surface area contributed by atoms with Crippen LogP contribution < -0.4 is 10.3 Å². The predicted molar refractivity (Wildman–Crippen MR) is 82.6 cm³/mol. The summed E-state index contributed by atoms with van der Waals surface area (Å²) in [6.07, 6.45) is -0.114. The number of pyridine rings is 1. The van der Waals surface area contributed by atoms with Gasteiger partial charge < -0.3 is 10.2 Å². The molecule has 0 saturated heterocycles. The molecule has 0 fully saturated rings. The zero-order chi connectivity index (χ0) is 17.3. The van der Waals surface area contributed by atoms with Crippen molar-refractivity contribution in [3.8, 4) is 0 Å². The first kappa shape index (κ1) is 16.6. The third-order valence-electron chi connectivity index (χ3n) is 3.88. The number of rotatable bonds is 1. The summed E-state index contributed by atoms with van der Waals surface area (Å²) >= 11 is 5.66. The topological polar surface area (TPSA) is 46.5 Å². The molecular weight excluding hydrogens is 343 g/mol. The number of aromatic nitrogens is 1. The molecule has 0 spiro atoms. The second kappa shape index (κ2) is 6.32. The third kappa shape index (κ3) is 3.46. The van der Waals surface area contributed by atoms with Crippen LogP contribution in [0.1, 0.15) is 16.7 Å². The zero-order valence-electron chi connectivity index (χ0n) is 12.5. The van der Waals surface area contributed by atoms with Gasteiger partial charge in [0.1, 0.15) is 0 Å². The normalized spacial score (nSPS) is 14.2. The lowest BCUT2D eigenvalue weighted by molar-refractivity contribution is -0.379. The molecular formula is C16H14ClF3N3O+. The number of carbonyl (C=O) groups excluding carboxylic acids is 1. The standard InChI is InChI=1S/C16H13ClF3N3O/c17-14-7-12(1-2-13(14)16(18,19)20)22-15(24)23-6-4-10-8-21-5-3-11(10)9-23/h1-3,5,7-8H,4,6,9H2,(H,22,24)/p+1. The molecule has 0 unspecified atom stereocenters. The van der Waals surface area contributed by atoms with Gasteiger partial charge in [0.2, 0.25) is 0 Å². The summed E-state index contributed by atoms with van der Waals surface area (Å²) in [6.45, 7) is 0.981. The van der Waals surface area contributed by atoms with Crippen LogP contribution in [0.15, 0.2) is 36.7 Å². The minimum Gasteiger partial charge on any atom is -0.320 e. The molecule has 0 atom stereocenters. The van der Waals surface area contributed by atoms with Crippen LogP contribution in [0.2, 0.25) is 5.02 Å². The molecule has 0 aliphatic carbocycles. The molecule has 4 nitrogen and oxygen atoms in total. The van der Waals surface area contributed by atoms with Crippen LogP contribution in [0.3, 0.4) is 0 Å². The maximum Gasteiger partial charge on any atom is 0.417 e. The van der Waals surface area contributed by atoms with Crippen LogP contribution >= 0.6 is 11.6 Å². The van der Waals surface area contributed by atoms with E-state index in [2.05, 4.69) is 10.3 Å². The van der Waals surface area contributed by atoms with Gasteiger partial charge in [-0.1, -0.05) is 11.6 Å². The number of benzene rings is 1. The van der Waals surface area contributed by atoms with Gasteiger partial charge in [0.05, 0.1) is 10.6 Å². The molecule has 2 aromatic rings. The summed E-state index contributed by atoms with van der Waals surface area (Å²) in [4.78, 5) is 16.9. The van der Waals surface area contributed by atoms with Gasteiger partial charge in [-0.05, 0) is 30.2 Å². The largest absolute Gasteiger partial charge is 0.417 e. The Bertz CT molecular complexity index is 779. The van der Waals surface area contributed by atoms with Crippen molar-refractivity contribution in [2.75, 3.05) is 11.9 Å². The minimum atomic E-state index is -4.52. The molecule has 8 heteroatoms. The summed E-state index contributed by atoms with van der Waals surface area (Å²) < 4.78 is 38.1. The van der Waals surface area contributed by atoms with Crippen molar-refractivity contribution in [3.63, 3.8) is 0 Å². The molecule has 3 rings (SSSR count). The maximum atomic E-state index is 12.7. The number of fused-ring (bicyclic) bond motifs is 1. The van der Waals surface area contributed by atoms with Crippen LogP contribution in [0.4, 0.5) is 23.7 Å². The van der Waals surface area contributed by atoms with Crippen LogP contribution in [-0.4, -0.2) is 17.5 Å². The zero-order valence-corrected chi connectivity index (χ0v) is 13.2. The Morgan fingerprint density at radius 1 is 1.25 bits per heavy atom. The number of urea groups is 1. The van der Waals surface area contributed by atoms with Crippen LogP contribution in [0.5, 0.6) is 0 Å². The molecule has 1 aromatic carbocycles. The number of alkyl halides is 3. The SMILES string of the molecule is O=C(Nc1ccc(C(F)(F)F)c(Cl)c1)N1CCc2c[nH+]ccc2C1. The van der Waals surface area contributed by atoms with Crippen molar-refractivity contribution in [3.05, 3.63) is 58.4 Å². The van der Waals surface area contributed by atoms with Gasteiger partial charge in [0, 0.05) is 30.4 Å². The number of amides is 2. The summed E-state index contributed by atoms with van der Waals surface area (Å²) in [7, 11) is 0. The van der Waals surface area contributed by atoms with E-state index in [4.69, 9.17) is 11.6 Å². The first-order valence-electron chi connectivity index (χ1n) is 7.25. The van der Waals surface area contributed by atoms with Crippen molar-refractivity contribution >= 4 is 23.3 Å². The molecule has 24 heavy (non-hydrogen) atoms. The highest BCUT2D eigenvalue weighted by molar-refractivity contribution is 6.31. The van der Waals surface area contributed by atoms with E-state index in [1.807, 2.05) is 12.3 Å². The molecule has 0 bridgehead atoms. The predicted octanol–water partition coefficient (Wildman–Crippen LogP) is 3.76. The molecule has 0 radical (unpaired) electrons. The fourth-order valence-electron chi connectivity index (χ4n) is 2.62. The Morgan fingerprint density at radius 2 is 2.04 bits per heavy atom. The van der Waals surface area contributed by atoms with Gasteiger partial charge in [-0.25, -0.2) is 9.78 Å². The molecule has 0 saturated carbocycles. The number of nitrogens with zero attached hydrogens (tertiary/aromatic N) is 1. The summed E-state index contributed by atoms with van der Waals surface area (Å²) in [5.41, 5.74) is 1.50. The summed E-state index contributed by atoms with van der Waals surface area (Å²) in [5.74, 6) is 0. The lowest BCUT2D eigenvalue weighted by Gasteiger charge is -2.27. The van der Waals surface area contributed by atoms with Crippen LogP contribution in [0, 0.1) is 0 Å². The lowest BCUT2D eigenvalue weighted by Crippen LogP contribution is -2.39. The van der Waals surface area contributed by atoms with Gasteiger partial charge in [-0.3, -0.25) is 0 Å². The highest BCUT2D eigenvalue weighted by atomic mass is 35.5. The Labute approximate surface area is 141 Å². The third-order valence-corrected chi connectivity index (χ3v) is 4.19. The van der Waals surface area contributed by atoms with E-state index in [1.165, 1.54) is 6.07 Å². The number of carbonyl (C=O) groups is 1. The van der Waals surface area contributed by atoms with E-state index in [9.17, 15) is 18.0 Å². The second-order valence-corrected chi connectivity index (χ2v) is 5.90. The molecule has 2 N–H and O–H groups in total. The van der Waals surface area contributed by atoms with Crippen molar-refractivity contribution in [2.24, 2.45) is 0 Å². The van der Waals surface area contributed by atoms with Crippen molar-refractivity contribution in [2.45, 2.75) is 19.1 Å². The average Bonchev–Trinajstić information content (AvgIpc) is 2.53. The van der Waals surface area contributed by atoms with E-state index in [0.29, 0.717) is 19.5 Å². The molecule has 1 aliphatic heterocycles. The fourth-order valence-corrected chi connectivity index (χ4v) is 2.91. The van der Waals surface area contributed by atoms with Crippen molar-refractivity contribution in [1.29, 1.82) is 0 Å². The maximum absolute atomic E-state index is 12.7. The second-order valence-electron chi connectivity index (χ2n) is 5.49. The first-order chi connectivity index (χ1) is 11.3. The Morgan fingerprint density at radius 3 is 2.75 bits per heavy atom. The van der Waals surface area contributed by atoms with Gasteiger partial charge >= 0.3 is 12.2 Å². The summed E-state index contributed by atoms with van der Waals surface area (Å²) in [6, 6.07) is 4.70. The van der Waals surface area contributed by atoms with Gasteiger partial charge in [-0.15, -0.1) is 0 Å². The van der Waals surface area contributed by atoms with Crippen molar-refractivity contribution < 1.29 is 22.9 Å². The highest BCUT2D eigenvalue weighted by Crippen LogP contribution is 2.35. The monoisotopic (exact) mass is 356 g/mol. The van der Waals surface area contributed by atoms with Gasteiger partial charge in [-0.2, -0.15) is 13.2 Å². The number of aromatic amines is 1. The van der Waals surface area contributed by atoms with Crippen LogP contribution in [-0.2, 0) is 19.1 Å². The van der Waals surface area contributed by atoms with E-state index < -0.39 is 16.8 Å². The number of H-pyrrole nitrogens is 1. The van der Waals surface area contributed by atoms with E-state index in [0.717, 1.165) is 23.3 Å². The Kier molecular flexibility index (Phi) is 4.36. The number of hydrogen-bond acceptors (Lipinski definition) is 1. The first-order valence-corrected chi connectivity index (χ1v) is 7.63. The number of hydrogen-bond donors (Lipinski definition) is 1. The number of nitrogens with one attached hydrogen (secondary N) is 2. The van der Waals surface area contributed by atoms with Gasteiger partial charge in [0.15, 0.2) is 12.4 Å². The number of anilines is 1. The highest BCUT2D eigenvalue weighted by Gasteiger charge is 2.33. The Balaban J connectivity index is 1.71. The fraction of sp³-hybridized carbons (Fsp3) is 0.250. The molecule has 1 aromatic heterocycles. The molecule has 2 amide bonds. The lowest BCUT2D eigenvalue weighted by atomic mass is 10.0. The Hall–Kier alpha value is -2.28. The number of halogens is 4. The van der Waals surface area contributed by atoms with Crippen LogP contribution in [0.25, 0.3) is 0 Å². The smallest absolute Gasteiger partial charge is 0.320 e. The van der Waals surface area contributed by atoms with E-state index >= 15 is 0 Å². The molecule has 1 aliphatic rings. The van der Waals surface area contributed by atoms with E-state index in [-0.39, 0.29) is 11.7 Å². The summed E-state index contributed by atoms with van der Waals surface area (Å²) in [5, 5.41) is 2.14. The quantitative estimate of drug-likeness (QED) is 0.830. The molecule has 126 valence electrons. The average molecular weight is 357 g/mol. The minimum absolute atomic E-state index is 0.227. The molecule has 2 heterocycles. The van der Waals surface area contributed by atoms with E-state index in [1.54, 1.807) is 11.1 Å². The van der Waals surface area contributed by atoms with Crippen molar-refractivity contribution in [1.82, 2.24) is 4.90 Å². The van der Waals surface area contributed by atoms with Gasteiger partial charge in [0.25, 0.3) is 0 Å².